The number of phenolic OH excluding ortho intramolecular Hbond substituents is 1. The molecule has 1 aliphatic heterocycles. The van der Waals surface area contributed by atoms with Crippen LogP contribution in [0.2, 0.25) is 5.02 Å². The largest absolute Gasteiger partial charge is 0.503 e. The summed E-state index contributed by atoms with van der Waals surface area (Å²) < 4.78 is 16.2. The molecule has 0 radical (unpaired) electrons. The third-order valence-electron chi connectivity index (χ3n) is 3.89. The normalized spacial score (nSPS) is 16.7. The molecule has 0 spiro atoms. The maximum atomic E-state index is 12.6. The highest BCUT2D eigenvalue weighted by Gasteiger charge is 2.38. The molecule has 0 saturated carbocycles. The summed E-state index contributed by atoms with van der Waals surface area (Å²) in [6.45, 7) is 5.39. The van der Waals surface area contributed by atoms with Crippen molar-refractivity contribution in [2.24, 2.45) is 5.73 Å². The van der Waals surface area contributed by atoms with Gasteiger partial charge in [0.05, 0.1) is 24.7 Å². The van der Waals surface area contributed by atoms with E-state index in [0.29, 0.717) is 10.0 Å². The lowest BCUT2D eigenvalue weighted by atomic mass is 9.83. The molecule has 0 bridgehead atoms. The molecule has 1 aliphatic rings. The number of esters is 1. The van der Waals surface area contributed by atoms with Gasteiger partial charge in [0.25, 0.3) is 0 Å². The molecular formula is C18H18BrClN2O5. The number of nitriles is 1. The van der Waals surface area contributed by atoms with Gasteiger partial charge in [-0.25, -0.2) is 4.79 Å². The maximum Gasteiger partial charge on any atom is 0.338 e. The second-order valence-electron chi connectivity index (χ2n) is 5.49. The van der Waals surface area contributed by atoms with E-state index in [4.69, 9.17) is 31.5 Å². The third kappa shape index (κ3) is 3.84. The fourth-order valence-corrected chi connectivity index (χ4v) is 3.49. The van der Waals surface area contributed by atoms with E-state index in [2.05, 4.69) is 15.9 Å². The average molecular weight is 458 g/mol. The first-order valence-corrected chi connectivity index (χ1v) is 9.24. The van der Waals surface area contributed by atoms with Crippen LogP contribution in [0, 0.1) is 11.3 Å². The van der Waals surface area contributed by atoms with Crippen LogP contribution in [0.3, 0.4) is 0 Å². The number of allylic oxidation sites excluding steroid dienone is 2. The molecule has 1 heterocycles. The summed E-state index contributed by atoms with van der Waals surface area (Å²) in [4.78, 5) is 12.6. The van der Waals surface area contributed by atoms with Crippen molar-refractivity contribution in [3.8, 4) is 17.6 Å². The van der Waals surface area contributed by atoms with Crippen LogP contribution in [0.4, 0.5) is 0 Å². The number of rotatable bonds is 5. The van der Waals surface area contributed by atoms with E-state index in [-0.39, 0.29) is 52.5 Å². The second kappa shape index (κ2) is 8.55. The molecule has 1 atom stereocenters. The summed E-state index contributed by atoms with van der Waals surface area (Å²) in [6.07, 6.45) is 0. The number of hydrogen-bond donors (Lipinski definition) is 2. The van der Waals surface area contributed by atoms with Crippen LogP contribution in [0.15, 0.2) is 33.3 Å². The average Bonchev–Trinajstić information content (AvgIpc) is 2.62. The number of nitrogens with zero attached hydrogens (tertiary/aromatic N) is 1. The number of carbonyl (C=O) groups is 1. The lowest BCUT2D eigenvalue weighted by Crippen LogP contribution is -2.26. The van der Waals surface area contributed by atoms with Gasteiger partial charge in [-0.15, -0.1) is 0 Å². The molecule has 0 aliphatic carbocycles. The fourth-order valence-electron chi connectivity index (χ4n) is 2.75. The molecule has 1 aromatic carbocycles. The SMILES string of the molecule is CCOC(=O)C1=C(C)OC(N)=C(C#N)C1c1cc(OCC)c(O)c(Cl)c1Br. The number of carbonyl (C=O) groups excluding carboxylic acids is 1. The Morgan fingerprint density at radius 3 is 2.70 bits per heavy atom. The van der Waals surface area contributed by atoms with Gasteiger partial charge in [0, 0.05) is 4.47 Å². The second-order valence-corrected chi connectivity index (χ2v) is 6.66. The first-order chi connectivity index (χ1) is 12.8. The Hall–Kier alpha value is -2.37. The topological polar surface area (TPSA) is 115 Å². The zero-order valence-corrected chi connectivity index (χ0v) is 17.3. The summed E-state index contributed by atoms with van der Waals surface area (Å²) in [5, 5.41) is 19.8. The van der Waals surface area contributed by atoms with Gasteiger partial charge in [-0.3, -0.25) is 0 Å². The number of phenols is 1. The Labute approximate surface area is 170 Å². The molecule has 0 saturated heterocycles. The lowest BCUT2D eigenvalue weighted by Gasteiger charge is -2.28. The Bertz CT molecular complexity index is 889. The molecule has 27 heavy (non-hydrogen) atoms. The minimum atomic E-state index is -0.908. The van der Waals surface area contributed by atoms with E-state index < -0.39 is 11.9 Å². The molecule has 2 rings (SSSR count). The van der Waals surface area contributed by atoms with Crippen LogP contribution in [0.1, 0.15) is 32.3 Å². The summed E-state index contributed by atoms with van der Waals surface area (Å²) in [5.74, 6) is -1.60. The number of benzene rings is 1. The van der Waals surface area contributed by atoms with Crippen LogP contribution < -0.4 is 10.5 Å². The molecule has 7 nitrogen and oxygen atoms in total. The van der Waals surface area contributed by atoms with E-state index in [1.54, 1.807) is 20.8 Å². The van der Waals surface area contributed by atoms with Crippen molar-refractivity contribution in [1.29, 1.82) is 5.26 Å². The van der Waals surface area contributed by atoms with Gasteiger partial charge >= 0.3 is 5.97 Å². The van der Waals surface area contributed by atoms with Gasteiger partial charge in [-0.2, -0.15) is 5.26 Å². The maximum absolute atomic E-state index is 12.6. The highest BCUT2D eigenvalue weighted by molar-refractivity contribution is 9.10. The molecule has 0 amide bonds. The summed E-state index contributed by atoms with van der Waals surface area (Å²) >= 11 is 9.55. The highest BCUT2D eigenvalue weighted by atomic mass is 79.9. The molecule has 9 heteroatoms. The van der Waals surface area contributed by atoms with Gasteiger partial charge in [0.1, 0.15) is 22.4 Å². The number of aromatic hydroxyl groups is 1. The minimum absolute atomic E-state index is 0.0147. The number of hydrogen-bond acceptors (Lipinski definition) is 7. The molecule has 1 unspecified atom stereocenters. The minimum Gasteiger partial charge on any atom is -0.503 e. The molecule has 144 valence electrons. The predicted octanol–water partition coefficient (Wildman–Crippen LogP) is 3.85. The van der Waals surface area contributed by atoms with Crippen molar-refractivity contribution >= 4 is 33.5 Å². The molecular weight excluding hydrogens is 440 g/mol. The first-order valence-electron chi connectivity index (χ1n) is 8.07. The summed E-state index contributed by atoms with van der Waals surface area (Å²) in [7, 11) is 0. The highest BCUT2D eigenvalue weighted by Crippen LogP contribution is 2.49. The monoisotopic (exact) mass is 456 g/mol. The standard InChI is InChI=1S/C18H18BrClN2O5/c1-4-25-11-6-9(14(19)15(20)16(11)23)13-10(7-21)17(22)27-8(3)12(13)18(24)26-5-2/h6,13,23H,4-5,22H2,1-3H3. The van der Waals surface area contributed by atoms with Crippen molar-refractivity contribution in [3.63, 3.8) is 0 Å². The van der Waals surface area contributed by atoms with Crippen molar-refractivity contribution in [3.05, 3.63) is 43.9 Å². The van der Waals surface area contributed by atoms with Crippen molar-refractivity contribution in [1.82, 2.24) is 0 Å². The Morgan fingerprint density at radius 2 is 2.15 bits per heavy atom. The zero-order chi connectivity index (χ0) is 20.3. The van der Waals surface area contributed by atoms with E-state index in [0.717, 1.165) is 0 Å². The molecule has 1 aromatic rings. The Kier molecular flexibility index (Phi) is 6.63. The Morgan fingerprint density at radius 1 is 1.48 bits per heavy atom. The Balaban J connectivity index is 2.79. The van der Waals surface area contributed by atoms with Crippen molar-refractivity contribution in [2.75, 3.05) is 13.2 Å². The van der Waals surface area contributed by atoms with E-state index in [1.165, 1.54) is 6.07 Å². The summed E-state index contributed by atoms with van der Waals surface area (Å²) in [5.41, 5.74) is 6.43. The van der Waals surface area contributed by atoms with Gasteiger partial charge in [0.2, 0.25) is 5.88 Å². The molecule has 0 aromatic heterocycles. The third-order valence-corrected chi connectivity index (χ3v) is 5.34. The van der Waals surface area contributed by atoms with Crippen LogP contribution in [-0.2, 0) is 14.3 Å². The first kappa shape index (κ1) is 20.9. The number of ether oxygens (including phenoxy) is 3. The van der Waals surface area contributed by atoms with Crippen molar-refractivity contribution < 1.29 is 24.1 Å². The van der Waals surface area contributed by atoms with Gasteiger partial charge in [0.15, 0.2) is 11.5 Å². The van der Waals surface area contributed by atoms with Gasteiger partial charge in [-0.05, 0) is 48.3 Å². The lowest BCUT2D eigenvalue weighted by molar-refractivity contribution is -0.139. The molecule has 3 N–H and O–H groups in total. The van der Waals surface area contributed by atoms with Crippen LogP contribution in [-0.4, -0.2) is 24.3 Å². The zero-order valence-electron chi connectivity index (χ0n) is 14.9. The van der Waals surface area contributed by atoms with Crippen LogP contribution >= 0.6 is 27.5 Å². The number of nitrogens with two attached hydrogens (primary N) is 1. The van der Waals surface area contributed by atoms with E-state index in [1.807, 2.05) is 6.07 Å². The van der Waals surface area contributed by atoms with E-state index in [9.17, 15) is 15.2 Å². The van der Waals surface area contributed by atoms with E-state index >= 15 is 0 Å². The smallest absolute Gasteiger partial charge is 0.338 e. The van der Waals surface area contributed by atoms with Crippen LogP contribution in [0.25, 0.3) is 0 Å². The van der Waals surface area contributed by atoms with Crippen molar-refractivity contribution in [2.45, 2.75) is 26.7 Å². The fraction of sp³-hybridized carbons (Fsp3) is 0.333. The molecule has 0 fully saturated rings. The van der Waals surface area contributed by atoms with Gasteiger partial charge < -0.3 is 25.1 Å². The predicted molar refractivity (Wildman–Crippen MR) is 102 cm³/mol. The number of halogens is 2. The van der Waals surface area contributed by atoms with Crippen LogP contribution in [0.5, 0.6) is 11.5 Å². The quantitative estimate of drug-likeness (QED) is 0.645. The van der Waals surface area contributed by atoms with Gasteiger partial charge in [-0.1, -0.05) is 11.6 Å². The summed E-state index contributed by atoms with van der Waals surface area (Å²) in [6, 6.07) is 3.48.